The smallest absolute Gasteiger partial charge is 0.122 e. The summed E-state index contributed by atoms with van der Waals surface area (Å²) in [6.45, 7) is 7.94. The summed E-state index contributed by atoms with van der Waals surface area (Å²) >= 11 is 0. The van der Waals surface area contributed by atoms with Gasteiger partial charge in [0.1, 0.15) is 17.2 Å². The molecule has 0 aromatic heterocycles. The lowest BCUT2D eigenvalue weighted by molar-refractivity contribution is 0.451. The molecule has 3 heteroatoms. The van der Waals surface area contributed by atoms with Crippen LogP contribution in [0.3, 0.4) is 0 Å². The number of aromatic hydroxyl groups is 3. The van der Waals surface area contributed by atoms with E-state index in [4.69, 9.17) is 0 Å². The number of rotatable bonds is 4. The molecule has 0 saturated heterocycles. The Morgan fingerprint density at radius 1 is 0.667 bits per heavy atom. The lowest BCUT2D eigenvalue weighted by Crippen LogP contribution is -2.01. The molecule has 27 heavy (non-hydrogen) atoms. The Kier molecular flexibility index (Phi) is 5.13. The molecule has 0 fully saturated rings. The molecule has 0 aliphatic heterocycles. The van der Waals surface area contributed by atoms with Gasteiger partial charge in [0, 0.05) is 23.5 Å². The fourth-order valence-corrected chi connectivity index (χ4v) is 3.60. The fourth-order valence-electron chi connectivity index (χ4n) is 3.60. The molecule has 1 atom stereocenters. The molecule has 1 unspecified atom stereocenters. The Morgan fingerprint density at radius 2 is 1.22 bits per heavy atom. The summed E-state index contributed by atoms with van der Waals surface area (Å²) < 4.78 is 0. The molecule has 140 valence electrons. The van der Waals surface area contributed by atoms with Crippen LogP contribution in [-0.2, 0) is 6.42 Å². The molecule has 0 heterocycles. The zero-order chi connectivity index (χ0) is 19.7. The van der Waals surface area contributed by atoms with Gasteiger partial charge in [-0.3, -0.25) is 0 Å². The predicted octanol–water partition coefficient (Wildman–Crippen LogP) is 5.47. The summed E-state index contributed by atoms with van der Waals surface area (Å²) in [7, 11) is 0. The van der Waals surface area contributed by atoms with E-state index in [2.05, 4.69) is 0 Å². The summed E-state index contributed by atoms with van der Waals surface area (Å²) in [5.74, 6) is 0.517. The molecule has 0 spiro atoms. The van der Waals surface area contributed by atoms with Crippen molar-refractivity contribution in [3.8, 4) is 17.2 Å². The first-order chi connectivity index (χ1) is 12.8. The Morgan fingerprint density at radius 3 is 1.93 bits per heavy atom. The molecule has 3 nitrogen and oxygen atoms in total. The minimum absolute atomic E-state index is 0.158. The average Bonchev–Trinajstić information content (AvgIpc) is 2.62. The molecule has 0 aliphatic rings. The average molecular weight is 362 g/mol. The Balaban J connectivity index is 2.05. The predicted molar refractivity (Wildman–Crippen MR) is 109 cm³/mol. The van der Waals surface area contributed by atoms with E-state index in [0.717, 1.165) is 38.9 Å². The standard InChI is InChI=1S/C24H26O3/c1-14-5-7-22(25)18(9-14)13-19-10-16(3)12-21(24(19)27)17(4)20-11-15(2)6-8-23(20)26/h5-12,17,25-27H,13H2,1-4H3. The second kappa shape index (κ2) is 7.36. The number of hydrogen-bond donors (Lipinski definition) is 3. The van der Waals surface area contributed by atoms with Crippen molar-refractivity contribution in [1.82, 2.24) is 0 Å². The third kappa shape index (κ3) is 3.92. The summed E-state index contributed by atoms with van der Waals surface area (Å²) in [6, 6.07) is 14.9. The normalized spacial score (nSPS) is 12.1. The Bertz CT molecular complexity index is 989. The van der Waals surface area contributed by atoms with Gasteiger partial charge in [0.15, 0.2) is 0 Å². The summed E-state index contributed by atoms with van der Waals surface area (Å²) in [5.41, 5.74) is 6.28. The highest BCUT2D eigenvalue weighted by Crippen LogP contribution is 2.39. The van der Waals surface area contributed by atoms with Crippen molar-refractivity contribution >= 4 is 0 Å². The molecular formula is C24H26O3. The molecule has 3 rings (SSSR count). The third-order valence-electron chi connectivity index (χ3n) is 5.09. The van der Waals surface area contributed by atoms with Gasteiger partial charge < -0.3 is 15.3 Å². The molecule has 3 aromatic rings. The van der Waals surface area contributed by atoms with Crippen LogP contribution in [0.5, 0.6) is 17.2 Å². The van der Waals surface area contributed by atoms with Gasteiger partial charge >= 0.3 is 0 Å². The highest BCUT2D eigenvalue weighted by Gasteiger charge is 2.19. The van der Waals surface area contributed by atoms with Gasteiger partial charge in [0.25, 0.3) is 0 Å². The number of hydrogen-bond acceptors (Lipinski definition) is 3. The van der Waals surface area contributed by atoms with Crippen molar-refractivity contribution in [2.45, 2.75) is 40.0 Å². The SMILES string of the molecule is Cc1ccc(O)c(Cc2cc(C)cc(C(C)c3cc(C)ccc3O)c2O)c1. The quantitative estimate of drug-likeness (QED) is 0.576. The molecule has 0 bridgehead atoms. The lowest BCUT2D eigenvalue weighted by atomic mass is 9.87. The van der Waals surface area contributed by atoms with Crippen molar-refractivity contribution in [3.63, 3.8) is 0 Å². The summed E-state index contributed by atoms with van der Waals surface area (Å²) in [6.07, 6.45) is 0.445. The molecule has 3 N–H and O–H groups in total. The van der Waals surface area contributed by atoms with Crippen LogP contribution in [0.4, 0.5) is 0 Å². The first-order valence-corrected chi connectivity index (χ1v) is 9.16. The van der Waals surface area contributed by atoms with Crippen LogP contribution in [0.15, 0.2) is 48.5 Å². The monoisotopic (exact) mass is 362 g/mol. The van der Waals surface area contributed by atoms with Crippen LogP contribution in [0.25, 0.3) is 0 Å². The van der Waals surface area contributed by atoms with Gasteiger partial charge in [-0.2, -0.15) is 0 Å². The van der Waals surface area contributed by atoms with Crippen LogP contribution in [0, 0.1) is 20.8 Å². The van der Waals surface area contributed by atoms with E-state index in [-0.39, 0.29) is 23.2 Å². The third-order valence-corrected chi connectivity index (χ3v) is 5.09. The zero-order valence-electron chi connectivity index (χ0n) is 16.2. The molecule has 0 amide bonds. The lowest BCUT2D eigenvalue weighted by Gasteiger charge is -2.19. The van der Waals surface area contributed by atoms with Crippen molar-refractivity contribution in [3.05, 3.63) is 87.5 Å². The van der Waals surface area contributed by atoms with E-state index < -0.39 is 0 Å². The summed E-state index contributed by atoms with van der Waals surface area (Å²) in [4.78, 5) is 0. The van der Waals surface area contributed by atoms with E-state index in [1.165, 1.54) is 0 Å². The molecule has 3 aromatic carbocycles. The highest BCUT2D eigenvalue weighted by molar-refractivity contribution is 5.53. The van der Waals surface area contributed by atoms with Gasteiger partial charge in [-0.25, -0.2) is 0 Å². The van der Waals surface area contributed by atoms with Gasteiger partial charge in [0.05, 0.1) is 0 Å². The van der Waals surface area contributed by atoms with Crippen LogP contribution in [-0.4, -0.2) is 15.3 Å². The first kappa shape index (κ1) is 18.8. The van der Waals surface area contributed by atoms with Crippen LogP contribution >= 0.6 is 0 Å². The van der Waals surface area contributed by atoms with Crippen molar-refractivity contribution in [2.24, 2.45) is 0 Å². The van der Waals surface area contributed by atoms with E-state index in [1.807, 2.05) is 64.1 Å². The number of aryl methyl sites for hydroxylation is 3. The van der Waals surface area contributed by atoms with Crippen LogP contribution < -0.4 is 0 Å². The second-order valence-corrected chi connectivity index (χ2v) is 7.45. The van der Waals surface area contributed by atoms with Gasteiger partial charge in [-0.15, -0.1) is 0 Å². The Hall–Kier alpha value is -2.94. The number of phenols is 3. The van der Waals surface area contributed by atoms with Crippen molar-refractivity contribution in [2.75, 3.05) is 0 Å². The van der Waals surface area contributed by atoms with E-state index in [0.29, 0.717) is 6.42 Å². The van der Waals surface area contributed by atoms with Crippen LogP contribution in [0.1, 0.15) is 51.8 Å². The second-order valence-electron chi connectivity index (χ2n) is 7.45. The molecule has 0 saturated carbocycles. The molecular weight excluding hydrogens is 336 g/mol. The fraction of sp³-hybridized carbons (Fsp3) is 0.250. The number of benzene rings is 3. The van der Waals surface area contributed by atoms with Crippen molar-refractivity contribution < 1.29 is 15.3 Å². The van der Waals surface area contributed by atoms with E-state index in [9.17, 15) is 15.3 Å². The first-order valence-electron chi connectivity index (χ1n) is 9.16. The summed E-state index contributed by atoms with van der Waals surface area (Å²) in [5, 5.41) is 31.4. The van der Waals surface area contributed by atoms with Crippen LogP contribution in [0.2, 0.25) is 0 Å². The van der Waals surface area contributed by atoms with E-state index >= 15 is 0 Å². The minimum Gasteiger partial charge on any atom is -0.508 e. The largest absolute Gasteiger partial charge is 0.508 e. The van der Waals surface area contributed by atoms with E-state index in [1.54, 1.807) is 12.1 Å². The van der Waals surface area contributed by atoms with Gasteiger partial charge in [-0.1, -0.05) is 60.0 Å². The Labute approximate surface area is 160 Å². The maximum atomic E-state index is 11.0. The minimum atomic E-state index is -0.158. The van der Waals surface area contributed by atoms with Gasteiger partial charge in [-0.05, 0) is 44.0 Å². The topological polar surface area (TPSA) is 60.7 Å². The molecule has 0 aliphatic carbocycles. The van der Waals surface area contributed by atoms with Gasteiger partial charge in [0.2, 0.25) is 0 Å². The molecule has 0 radical (unpaired) electrons. The maximum absolute atomic E-state index is 11.0. The highest BCUT2D eigenvalue weighted by atomic mass is 16.3. The van der Waals surface area contributed by atoms with Crippen molar-refractivity contribution in [1.29, 1.82) is 0 Å². The maximum Gasteiger partial charge on any atom is 0.122 e. The number of phenolic OH excluding ortho intramolecular Hbond substituents is 3. The zero-order valence-corrected chi connectivity index (χ0v) is 16.2.